The van der Waals surface area contributed by atoms with Crippen LogP contribution in [0.4, 0.5) is 0 Å². The number of hydrogen-bond acceptors (Lipinski definition) is 3. The van der Waals surface area contributed by atoms with Gasteiger partial charge in [0.15, 0.2) is 4.77 Å². The van der Waals surface area contributed by atoms with Crippen molar-refractivity contribution in [3.8, 4) is 0 Å². The average Bonchev–Trinajstić information content (AvgIpc) is 2.73. The molecule has 0 aliphatic carbocycles. The average molecular weight is 306 g/mol. The third kappa shape index (κ3) is 2.47. The largest absolute Gasteiger partial charge is 0.342 e. The highest BCUT2D eigenvalue weighted by atomic mass is 79.9. The summed E-state index contributed by atoms with van der Waals surface area (Å²) in [5, 5.41) is 5.06. The Morgan fingerprint density at radius 2 is 2.27 bits per heavy atom. The Morgan fingerprint density at radius 1 is 1.47 bits per heavy atom. The van der Waals surface area contributed by atoms with Gasteiger partial charge in [0.1, 0.15) is 0 Å². The predicted molar refractivity (Wildman–Crippen MR) is 66.0 cm³/mol. The van der Waals surface area contributed by atoms with Gasteiger partial charge < -0.3 is 0 Å². The first-order valence-electron chi connectivity index (χ1n) is 4.28. The fourth-order valence-electron chi connectivity index (χ4n) is 1.25. The van der Waals surface area contributed by atoms with E-state index < -0.39 is 0 Å². The summed E-state index contributed by atoms with van der Waals surface area (Å²) in [6, 6.07) is 4.04. The maximum absolute atomic E-state index is 11.3. The molecule has 0 spiro atoms. The van der Waals surface area contributed by atoms with E-state index in [1.54, 1.807) is 11.3 Å². The second-order valence-corrected chi connectivity index (χ2v) is 5.90. The van der Waals surface area contributed by atoms with Crippen LogP contribution in [0.2, 0.25) is 0 Å². The van der Waals surface area contributed by atoms with Gasteiger partial charge >= 0.3 is 5.69 Å². The molecule has 4 nitrogen and oxygen atoms in total. The van der Waals surface area contributed by atoms with Crippen LogP contribution in [0.25, 0.3) is 0 Å². The molecule has 2 heterocycles. The number of hydrogen-bond donors (Lipinski definition) is 2. The number of aromatic nitrogens is 3. The fourth-order valence-corrected chi connectivity index (χ4v) is 2.94. The van der Waals surface area contributed by atoms with E-state index in [1.165, 1.54) is 9.44 Å². The summed E-state index contributed by atoms with van der Waals surface area (Å²) in [6.45, 7) is 0.602. The van der Waals surface area contributed by atoms with Crippen molar-refractivity contribution in [2.75, 3.05) is 0 Å². The lowest BCUT2D eigenvalue weighted by Crippen LogP contribution is -2.17. The second-order valence-electron chi connectivity index (χ2n) is 2.97. The van der Waals surface area contributed by atoms with E-state index in [-0.39, 0.29) is 5.69 Å². The molecule has 2 aromatic heterocycles. The highest BCUT2D eigenvalue weighted by molar-refractivity contribution is 9.11. The molecule has 0 saturated carbocycles. The first kappa shape index (κ1) is 10.8. The maximum atomic E-state index is 11.3. The molecule has 2 aromatic rings. The van der Waals surface area contributed by atoms with Gasteiger partial charge in [-0.05, 0) is 40.3 Å². The molecule has 0 aliphatic rings. The van der Waals surface area contributed by atoms with Crippen molar-refractivity contribution in [2.24, 2.45) is 0 Å². The lowest BCUT2D eigenvalue weighted by atomic mass is 10.3. The van der Waals surface area contributed by atoms with Gasteiger partial charge in [-0.3, -0.25) is 9.67 Å². The SMILES string of the molecule is O=c1[nH][nH]c(=S)n1CCc1ccc(Br)s1. The van der Waals surface area contributed by atoms with Crippen molar-refractivity contribution < 1.29 is 0 Å². The molecule has 0 fully saturated rings. The number of nitrogens with zero attached hydrogens (tertiary/aromatic N) is 1. The lowest BCUT2D eigenvalue weighted by molar-refractivity contribution is 0.668. The van der Waals surface area contributed by atoms with Gasteiger partial charge in [-0.15, -0.1) is 11.3 Å². The molecule has 0 aromatic carbocycles. The molecule has 0 amide bonds. The number of thiophene rings is 1. The smallest absolute Gasteiger partial charge is 0.272 e. The Kier molecular flexibility index (Phi) is 3.22. The summed E-state index contributed by atoms with van der Waals surface area (Å²) in [5.74, 6) is 0. The van der Waals surface area contributed by atoms with Gasteiger partial charge in [0.25, 0.3) is 0 Å². The summed E-state index contributed by atoms with van der Waals surface area (Å²) in [5.41, 5.74) is -0.185. The highest BCUT2D eigenvalue weighted by Gasteiger charge is 2.02. The van der Waals surface area contributed by atoms with Crippen LogP contribution >= 0.6 is 39.5 Å². The second kappa shape index (κ2) is 4.46. The number of rotatable bonds is 3. The Labute approximate surface area is 103 Å². The molecule has 0 aliphatic heterocycles. The Hall–Kier alpha value is -0.660. The number of H-pyrrole nitrogens is 2. The zero-order valence-electron chi connectivity index (χ0n) is 7.62. The number of aryl methyl sites for hydroxylation is 1. The molecule has 2 N–H and O–H groups in total. The summed E-state index contributed by atoms with van der Waals surface area (Å²) in [4.78, 5) is 12.5. The quantitative estimate of drug-likeness (QED) is 0.855. The third-order valence-electron chi connectivity index (χ3n) is 1.98. The van der Waals surface area contributed by atoms with Crippen LogP contribution in [0.15, 0.2) is 20.7 Å². The van der Waals surface area contributed by atoms with Crippen LogP contribution in [0.3, 0.4) is 0 Å². The van der Waals surface area contributed by atoms with Crippen LogP contribution in [0.1, 0.15) is 4.88 Å². The predicted octanol–water partition coefficient (Wildman–Crippen LogP) is 2.30. The van der Waals surface area contributed by atoms with Crippen LogP contribution in [0.5, 0.6) is 0 Å². The van der Waals surface area contributed by atoms with Crippen molar-refractivity contribution in [3.63, 3.8) is 0 Å². The van der Waals surface area contributed by atoms with Gasteiger partial charge in [-0.25, -0.2) is 9.89 Å². The van der Waals surface area contributed by atoms with Crippen molar-refractivity contribution >= 4 is 39.5 Å². The molecule has 0 unspecified atom stereocenters. The van der Waals surface area contributed by atoms with Crippen LogP contribution in [-0.4, -0.2) is 14.8 Å². The summed E-state index contributed by atoms with van der Waals surface area (Å²) in [6.07, 6.45) is 0.811. The van der Waals surface area contributed by atoms with Gasteiger partial charge in [-0.1, -0.05) is 0 Å². The Bertz CT molecular complexity index is 537. The Morgan fingerprint density at radius 3 is 2.80 bits per heavy atom. The number of aromatic amines is 2. The van der Waals surface area contributed by atoms with Gasteiger partial charge in [0, 0.05) is 17.8 Å². The minimum absolute atomic E-state index is 0.185. The molecular weight excluding hydrogens is 298 g/mol. The summed E-state index contributed by atoms with van der Waals surface area (Å²) in [7, 11) is 0. The lowest BCUT2D eigenvalue weighted by Gasteiger charge is -1.97. The summed E-state index contributed by atoms with van der Waals surface area (Å²) < 4.78 is 3.06. The van der Waals surface area contributed by atoms with E-state index in [4.69, 9.17) is 12.2 Å². The van der Waals surface area contributed by atoms with E-state index >= 15 is 0 Å². The molecule has 0 atom stereocenters. The van der Waals surface area contributed by atoms with Crippen molar-refractivity contribution in [1.82, 2.24) is 14.8 Å². The molecule has 15 heavy (non-hydrogen) atoms. The fraction of sp³-hybridized carbons (Fsp3) is 0.250. The molecule has 80 valence electrons. The molecule has 7 heteroatoms. The van der Waals surface area contributed by atoms with Crippen molar-refractivity contribution in [1.29, 1.82) is 0 Å². The molecule has 0 bridgehead atoms. The minimum atomic E-state index is -0.185. The van der Waals surface area contributed by atoms with E-state index in [0.29, 0.717) is 11.3 Å². The zero-order chi connectivity index (χ0) is 10.8. The van der Waals surface area contributed by atoms with Crippen molar-refractivity contribution in [3.05, 3.63) is 36.1 Å². The maximum Gasteiger partial charge on any atom is 0.342 e. The zero-order valence-corrected chi connectivity index (χ0v) is 10.8. The topological polar surface area (TPSA) is 53.6 Å². The minimum Gasteiger partial charge on any atom is -0.272 e. The van der Waals surface area contributed by atoms with Gasteiger partial charge in [0.2, 0.25) is 0 Å². The summed E-state index contributed by atoms with van der Waals surface area (Å²) >= 11 is 10.0. The van der Waals surface area contributed by atoms with Gasteiger partial charge in [0.05, 0.1) is 3.79 Å². The first-order chi connectivity index (χ1) is 7.16. The number of halogens is 1. The third-order valence-corrected chi connectivity index (χ3v) is 3.98. The Balaban J connectivity index is 2.11. The van der Waals surface area contributed by atoms with E-state index in [9.17, 15) is 4.79 Å². The van der Waals surface area contributed by atoms with Crippen LogP contribution < -0.4 is 5.69 Å². The molecule has 0 radical (unpaired) electrons. The molecular formula is C8H8BrN3OS2. The standard InChI is InChI=1S/C8H8BrN3OS2/c9-6-2-1-5(15-6)3-4-12-7(13)10-11-8(12)14/h1-2H,3-4H2,(H,10,13)(H,11,14). The highest BCUT2D eigenvalue weighted by Crippen LogP contribution is 2.22. The van der Waals surface area contributed by atoms with Crippen LogP contribution in [0, 0.1) is 4.77 Å². The van der Waals surface area contributed by atoms with E-state index in [2.05, 4.69) is 26.1 Å². The molecule has 0 saturated heterocycles. The van der Waals surface area contributed by atoms with E-state index in [0.717, 1.165) is 10.2 Å². The van der Waals surface area contributed by atoms with Crippen molar-refractivity contribution in [2.45, 2.75) is 13.0 Å². The van der Waals surface area contributed by atoms with E-state index in [1.807, 2.05) is 12.1 Å². The van der Waals surface area contributed by atoms with Gasteiger partial charge in [-0.2, -0.15) is 0 Å². The normalized spacial score (nSPS) is 10.7. The first-order valence-corrected chi connectivity index (χ1v) is 6.30. The van der Waals surface area contributed by atoms with Crippen LogP contribution in [-0.2, 0) is 13.0 Å². The monoisotopic (exact) mass is 305 g/mol. The molecule has 2 rings (SSSR count). The number of nitrogens with one attached hydrogen (secondary N) is 2.